The van der Waals surface area contributed by atoms with Gasteiger partial charge >= 0.3 is 0 Å². The van der Waals surface area contributed by atoms with Gasteiger partial charge in [0.15, 0.2) is 11.5 Å². The van der Waals surface area contributed by atoms with E-state index in [0.717, 1.165) is 31.9 Å². The van der Waals surface area contributed by atoms with Gasteiger partial charge in [-0.2, -0.15) is 4.98 Å². The van der Waals surface area contributed by atoms with Gasteiger partial charge in [0.1, 0.15) is 5.39 Å². The van der Waals surface area contributed by atoms with Crippen LogP contribution in [0.3, 0.4) is 0 Å². The van der Waals surface area contributed by atoms with Crippen LogP contribution in [0.2, 0.25) is 0 Å². The van der Waals surface area contributed by atoms with Crippen molar-refractivity contribution in [3.8, 4) is 5.82 Å². The van der Waals surface area contributed by atoms with Crippen LogP contribution >= 0.6 is 0 Å². The van der Waals surface area contributed by atoms with Crippen molar-refractivity contribution in [1.29, 1.82) is 0 Å². The lowest BCUT2D eigenvalue weighted by molar-refractivity contribution is 0.194. The number of pyridine rings is 1. The minimum absolute atomic E-state index is 0.238. The van der Waals surface area contributed by atoms with E-state index in [1.54, 1.807) is 35.9 Å². The first-order chi connectivity index (χ1) is 17.9. The molecule has 0 unspecified atom stereocenters. The third kappa shape index (κ3) is 4.85. The minimum Gasteiger partial charge on any atom is -0.387 e. The van der Waals surface area contributed by atoms with Crippen LogP contribution in [0.1, 0.15) is 24.3 Å². The third-order valence-corrected chi connectivity index (χ3v) is 6.68. The summed E-state index contributed by atoms with van der Waals surface area (Å²) in [7, 11) is 2.15. The average Bonchev–Trinajstić information content (AvgIpc) is 3.16. The molecule has 1 saturated heterocycles. The zero-order valence-electron chi connectivity index (χ0n) is 21.4. The topological polar surface area (TPSA) is 104 Å². The Hall–Kier alpha value is -4.02. The second kappa shape index (κ2) is 10.2. The summed E-state index contributed by atoms with van der Waals surface area (Å²) in [5.41, 5.74) is 3.95. The second-order valence-electron chi connectivity index (χ2n) is 9.43. The van der Waals surface area contributed by atoms with Crippen LogP contribution in [0.15, 0.2) is 60.0 Å². The van der Waals surface area contributed by atoms with Crippen LogP contribution in [0.25, 0.3) is 16.9 Å². The number of anilines is 3. The van der Waals surface area contributed by atoms with Crippen LogP contribution in [0.4, 0.5) is 17.3 Å². The van der Waals surface area contributed by atoms with Gasteiger partial charge in [-0.05, 0) is 56.8 Å². The first kappa shape index (κ1) is 24.7. The molecule has 10 heteroatoms. The van der Waals surface area contributed by atoms with E-state index in [1.807, 2.05) is 6.07 Å². The van der Waals surface area contributed by atoms with Crippen molar-refractivity contribution in [2.45, 2.75) is 26.5 Å². The lowest BCUT2D eigenvalue weighted by Crippen LogP contribution is -2.44. The summed E-state index contributed by atoms with van der Waals surface area (Å²) in [5, 5.41) is 13.7. The Morgan fingerprint density at radius 3 is 2.65 bits per heavy atom. The predicted molar refractivity (Wildman–Crippen MR) is 146 cm³/mol. The molecule has 1 aromatic carbocycles. The Morgan fingerprint density at radius 2 is 1.95 bits per heavy atom. The van der Waals surface area contributed by atoms with Gasteiger partial charge in [0.2, 0.25) is 5.95 Å². The number of aliphatic hydroxyl groups is 1. The van der Waals surface area contributed by atoms with Crippen LogP contribution in [0, 0.1) is 6.92 Å². The fourth-order valence-electron chi connectivity index (χ4n) is 4.66. The number of hydrogen-bond donors (Lipinski definition) is 2. The van der Waals surface area contributed by atoms with Crippen molar-refractivity contribution in [3.63, 3.8) is 0 Å². The lowest BCUT2D eigenvalue weighted by atomic mass is 10.1. The number of likely N-dealkylation sites (N-methyl/N-ethyl adjacent to an activating group) is 1. The van der Waals surface area contributed by atoms with E-state index in [1.165, 1.54) is 22.1 Å². The highest BCUT2D eigenvalue weighted by Gasteiger charge is 2.19. The number of aromatic nitrogens is 5. The zero-order valence-corrected chi connectivity index (χ0v) is 21.4. The normalized spacial score (nSPS) is 15.2. The van der Waals surface area contributed by atoms with Crippen LogP contribution in [-0.2, 0) is 6.54 Å². The molecular weight excluding hydrogens is 468 g/mol. The SMILES string of the molecule is C=CCn1c(=O)c2cnc(Nc3ccc(N4CCN(C)CC4)c(C)c3)nc2n1-c1cccc([C@H](C)O)n1. The minimum atomic E-state index is -0.745. The molecule has 1 aliphatic rings. The number of aliphatic hydroxyl groups excluding tert-OH is 1. The Kier molecular flexibility index (Phi) is 6.77. The maximum absolute atomic E-state index is 13.2. The van der Waals surface area contributed by atoms with Gasteiger partial charge in [-0.3, -0.25) is 4.79 Å². The van der Waals surface area contributed by atoms with Gasteiger partial charge < -0.3 is 20.2 Å². The van der Waals surface area contributed by atoms with E-state index in [4.69, 9.17) is 4.98 Å². The number of fused-ring (bicyclic) bond motifs is 1. The van der Waals surface area contributed by atoms with E-state index in [-0.39, 0.29) is 12.1 Å². The summed E-state index contributed by atoms with van der Waals surface area (Å²) in [4.78, 5) is 31.6. The summed E-state index contributed by atoms with van der Waals surface area (Å²) in [6, 6.07) is 11.6. The molecule has 37 heavy (non-hydrogen) atoms. The molecule has 0 aliphatic carbocycles. The van der Waals surface area contributed by atoms with Crippen molar-refractivity contribution in [2.75, 3.05) is 43.4 Å². The van der Waals surface area contributed by atoms with Gasteiger partial charge in [0, 0.05) is 43.8 Å². The summed E-state index contributed by atoms with van der Waals surface area (Å²) >= 11 is 0. The van der Waals surface area contributed by atoms with Gasteiger partial charge in [0.25, 0.3) is 5.56 Å². The molecule has 1 aliphatic heterocycles. The maximum atomic E-state index is 13.2. The molecule has 0 radical (unpaired) electrons. The predicted octanol–water partition coefficient (Wildman–Crippen LogP) is 3.02. The van der Waals surface area contributed by atoms with E-state index in [2.05, 4.69) is 57.8 Å². The first-order valence-electron chi connectivity index (χ1n) is 12.4. The number of rotatable bonds is 7. The fraction of sp³-hybridized carbons (Fsp3) is 0.333. The molecule has 10 nitrogen and oxygen atoms in total. The smallest absolute Gasteiger partial charge is 0.278 e. The quantitative estimate of drug-likeness (QED) is 0.373. The fourth-order valence-corrected chi connectivity index (χ4v) is 4.66. The van der Waals surface area contributed by atoms with Gasteiger partial charge in [0.05, 0.1) is 18.3 Å². The molecule has 5 rings (SSSR count). The Morgan fingerprint density at radius 1 is 1.16 bits per heavy atom. The molecular formula is C27H32N8O2. The van der Waals surface area contributed by atoms with Crippen molar-refractivity contribution >= 4 is 28.4 Å². The standard InChI is InChI=1S/C27H32N8O2/c1-5-11-34-26(37)21-17-28-27(31-25(21)35(34)24-8-6-7-22(30-24)19(3)36)29-20-9-10-23(18(2)16-20)33-14-12-32(4)13-15-33/h5-10,16-17,19,36H,1,11-15H2,2-4H3,(H,28,29,31)/t19-/m0/s1. The van der Waals surface area contributed by atoms with Gasteiger partial charge in [-0.1, -0.05) is 12.1 Å². The molecule has 0 amide bonds. The Bertz CT molecular complexity index is 1500. The highest BCUT2D eigenvalue weighted by Crippen LogP contribution is 2.26. The van der Waals surface area contributed by atoms with Crippen LogP contribution < -0.4 is 15.8 Å². The van der Waals surface area contributed by atoms with E-state index in [9.17, 15) is 9.90 Å². The molecule has 0 saturated carbocycles. The Labute approximate surface area is 215 Å². The molecule has 1 atom stereocenters. The number of benzene rings is 1. The van der Waals surface area contributed by atoms with Gasteiger partial charge in [-0.15, -0.1) is 6.58 Å². The number of aryl methyl sites for hydroxylation is 1. The van der Waals surface area contributed by atoms with Crippen LogP contribution in [-0.4, -0.2) is 67.5 Å². The zero-order chi connectivity index (χ0) is 26.1. The Balaban J connectivity index is 1.51. The number of piperazine rings is 1. The lowest BCUT2D eigenvalue weighted by Gasteiger charge is -2.35. The molecule has 192 valence electrons. The van der Waals surface area contributed by atoms with Gasteiger partial charge in [-0.25, -0.2) is 19.3 Å². The number of allylic oxidation sites excluding steroid dienone is 1. The second-order valence-corrected chi connectivity index (χ2v) is 9.43. The van der Waals surface area contributed by atoms with Crippen molar-refractivity contribution in [1.82, 2.24) is 29.2 Å². The van der Waals surface area contributed by atoms with E-state index < -0.39 is 6.10 Å². The third-order valence-electron chi connectivity index (χ3n) is 6.68. The average molecular weight is 501 g/mol. The van der Waals surface area contributed by atoms with Crippen molar-refractivity contribution in [3.05, 3.63) is 76.9 Å². The highest BCUT2D eigenvalue weighted by atomic mass is 16.3. The summed E-state index contributed by atoms with van der Waals surface area (Å²) in [6.45, 7) is 11.9. The molecule has 4 aromatic rings. The van der Waals surface area contributed by atoms with Crippen molar-refractivity contribution < 1.29 is 5.11 Å². The summed E-state index contributed by atoms with van der Waals surface area (Å²) in [6.07, 6.45) is 2.44. The maximum Gasteiger partial charge on any atom is 0.278 e. The summed E-state index contributed by atoms with van der Waals surface area (Å²) in [5.74, 6) is 0.847. The largest absolute Gasteiger partial charge is 0.387 e. The molecule has 1 fully saturated rings. The molecule has 2 N–H and O–H groups in total. The number of nitrogens with zero attached hydrogens (tertiary/aromatic N) is 7. The summed E-state index contributed by atoms with van der Waals surface area (Å²) < 4.78 is 3.17. The molecule has 0 spiro atoms. The molecule has 4 heterocycles. The molecule has 3 aromatic heterocycles. The monoisotopic (exact) mass is 500 g/mol. The number of hydrogen-bond acceptors (Lipinski definition) is 8. The van der Waals surface area contributed by atoms with Crippen molar-refractivity contribution in [2.24, 2.45) is 0 Å². The number of nitrogens with one attached hydrogen (secondary N) is 1. The highest BCUT2D eigenvalue weighted by molar-refractivity contribution is 5.77. The van der Waals surface area contributed by atoms with E-state index >= 15 is 0 Å². The molecule has 0 bridgehead atoms. The van der Waals surface area contributed by atoms with E-state index in [0.29, 0.717) is 28.5 Å². The van der Waals surface area contributed by atoms with Crippen LogP contribution in [0.5, 0.6) is 0 Å². The first-order valence-corrected chi connectivity index (χ1v) is 12.4.